The van der Waals surface area contributed by atoms with Gasteiger partial charge in [0.05, 0.1) is 7.11 Å². The molecular weight excluding hydrogens is 324 g/mol. The van der Waals surface area contributed by atoms with E-state index in [1.807, 2.05) is 40.2 Å². The zero-order valence-electron chi connectivity index (χ0n) is 13.3. The number of hydrogen-bond donors (Lipinski definition) is 1. The fourth-order valence-corrected chi connectivity index (χ4v) is 3.91. The van der Waals surface area contributed by atoms with E-state index in [9.17, 15) is 4.79 Å². The molecule has 1 aliphatic rings. The molecule has 124 valence electrons. The molecule has 0 aliphatic carbocycles. The molecule has 4 rings (SSSR count). The van der Waals surface area contributed by atoms with Crippen molar-refractivity contribution < 1.29 is 9.53 Å². The zero-order valence-corrected chi connectivity index (χ0v) is 14.1. The number of benzene rings is 1. The summed E-state index contributed by atoms with van der Waals surface area (Å²) in [7, 11) is 1.65. The van der Waals surface area contributed by atoms with E-state index >= 15 is 0 Å². The molecule has 1 amide bonds. The number of rotatable bonds is 3. The minimum Gasteiger partial charge on any atom is -0.497 e. The summed E-state index contributed by atoms with van der Waals surface area (Å²) >= 11 is 1.51. The Hall–Kier alpha value is -2.38. The van der Waals surface area contributed by atoms with Crippen molar-refractivity contribution in [2.75, 3.05) is 20.2 Å². The minimum atomic E-state index is -0.0928. The number of hydrogen-bond acceptors (Lipinski definition) is 5. The van der Waals surface area contributed by atoms with Crippen LogP contribution in [-0.4, -0.2) is 46.4 Å². The maximum atomic E-state index is 12.7. The first-order valence-corrected chi connectivity index (χ1v) is 8.64. The fourth-order valence-electron chi connectivity index (χ4n) is 3.21. The van der Waals surface area contributed by atoms with Crippen LogP contribution in [0.4, 0.5) is 0 Å². The number of amides is 1. The topological polar surface area (TPSA) is 72.9 Å². The molecule has 0 unspecified atom stereocenters. The summed E-state index contributed by atoms with van der Waals surface area (Å²) in [5.41, 5.74) is 7.88. The number of aromatic nitrogens is 2. The summed E-state index contributed by atoms with van der Waals surface area (Å²) in [6, 6.07) is 7.79. The molecule has 1 aromatic carbocycles. The van der Waals surface area contributed by atoms with Gasteiger partial charge in [-0.1, -0.05) is 12.1 Å². The van der Waals surface area contributed by atoms with Crippen molar-refractivity contribution in [3.8, 4) is 5.75 Å². The van der Waals surface area contributed by atoms with E-state index in [0.29, 0.717) is 18.8 Å². The van der Waals surface area contributed by atoms with Crippen molar-refractivity contribution in [1.29, 1.82) is 0 Å². The average molecular weight is 342 g/mol. The van der Waals surface area contributed by atoms with E-state index in [1.165, 1.54) is 11.3 Å². The predicted octanol–water partition coefficient (Wildman–Crippen LogP) is 1.97. The van der Waals surface area contributed by atoms with E-state index in [1.54, 1.807) is 18.2 Å². The molecule has 1 aliphatic heterocycles. The maximum absolute atomic E-state index is 12.7. The Bertz CT molecular complexity index is 859. The first kappa shape index (κ1) is 15.2. The lowest BCUT2D eigenvalue weighted by Crippen LogP contribution is -2.32. The van der Waals surface area contributed by atoms with Gasteiger partial charge in [0.15, 0.2) is 4.96 Å². The molecule has 0 spiro atoms. The Morgan fingerprint density at radius 1 is 1.42 bits per heavy atom. The molecule has 2 N–H and O–H groups in total. The average Bonchev–Trinajstić information content (AvgIpc) is 3.28. The lowest BCUT2D eigenvalue weighted by molar-refractivity contribution is 0.0784. The van der Waals surface area contributed by atoms with Crippen LogP contribution in [0.5, 0.6) is 5.75 Å². The molecule has 2 aromatic heterocycles. The highest BCUT2D eigenvalue weighted by Crippen LogP contribution is 2.29. The van der Waals surface area contributed by atoms with Crippen LogP contribution in [0.3, 0.4) is 0 Å². The van der Waals surface area contributed by atoms with Crippen molar-refractivity contribution in [2.45, 2.75) is 12.0 Å². The SMILES string of the molecule is COc1cccc([C@@H]2CN(C(=O)c3cn4ccsc4n3)C[C@H]2N)c1. The first-order valence-electron chi connectivity index (χ1n) is 7.76. The predicted molar refractivity (Wildman–Crippen MR) is 92.7 cm³/mol. The van der Waals surface area contributed by atoms with Crippen molar-refractivity contribution in [1.82, 2.24) is 14.3 Å². The quantitative estimate of drug-likeness (QED) is 0.790. The summed E-state index contributed by atoms with van der Waals surface area (Å²) in [6.45, 7) is 1.13. The number of thiazole rings is 1. The maximum Gasteiger partial charge on any atom is 0.274 e. The number of carbonyl (C=O) groups excluding carboxylic acids is 1. The second-order valence-electron chi connectivity index (χ2n) is 5.98. The highest BCUT2D eigenvalue weighted by Gasteiger charge is 2.35. The van der Waals surface area contributed by atoms with Gasteiger partial charge in [-0.25, -0.2) is 4.98 Å². The van der Waals surface area contributed by atoms with E-state index < -0.39 is 0 Å². The van der Waals surface area contributed by atoms with Crippen LogP contribution < -0.4 is 10.5 Å². The van der Waals surface area contributed by atoms with Gasteiger partial charge in [0.25, 0.3) is 5.91 Å². The molecule has 7 heteroatoms. The van der Waals surface area contributed by atoms with Gasteiger partial charge in [0, 0.05) is 42.8 Å². The second kappa shape index (κ2) is 5.92. The fraction of sp³-hybridized carbons (Fsp3) is 0.294. The molecule has 1 saturated heterocycles. The summed E-state index contributed by atoms with van der Waals surface area (Å²) in [5.74, 6) is 0.846. The van der Waals surface area contributed by atoms with Gasteiger partial charge in [-0.3, -0.25) is 9.20 Å². The van der Waals surface area contributed by atoms with Gasteiger partial charge in [-0.15, -0.1) is 11.3 Å². The van der Waals surface area contributed by atoms with Crippen LogP contribution in [0.1, 0.15) is 22.0 Å². The monoisotopic (exact) mass is 342 g/mol. The number of carbonyl (C=O) groups is 1. The molecule has 1 fully saturated rings. The van der Waals surface area contributed by atoms with Gasteiger partial charge < -0.3 is 15.4 Å². The summed E-state index contributed by atoms with van der Waals surface area (Å²) in [6.07, 6.45) is 3.68. The Balaban J connectivity index is 1.55. The normalized spacial score (nSPS) is 20.7. The smallest absolute Gasteiger partial charge is 0.274 e. The first-order chi connectivity index (χ1) is 11.7. The van der Waals surface area contributed by atoms with E-state index in [2.05, 4.69) is 4.98 Å². The highest BCUT2D eigenvalue weighted by atomic mass is 32.1. The molecule has 2 atom stereocenters. The number of nitrogens with zero attached hydrogens (tertiary/aromatic N) is 3. The van der Waals surface area contributed by atoms with E-state index in [4.69, 9.17) is 10.5 Å². The summed E-state index contributed by atoms with van der Waals surface area (Å²) in [5, 5.41) is 1.95. The van der Waals surface area contributed by atoms with Crippen LogP contribution in [0.2, 0.25) is 0 Å². The van der Waals surface area contributed by atoms with Crippen molar-refractivity contribution in [3.05, 3.63) is 53.3 Å². The van der Waals surface area contributed by atoms with Gasteiger partial charge in [0.2, 0.25) is 0 Å². The zero-order chi connectivity index (χ0) is 16.7. The third-order valence-corrected chi connectivity index (χ3v) is 5.26. The number of methoxy groups -OCH3 is 1. The van der Waals surface area contributed by atoms with E-state index in [0.717, 1.165) is 16.3 Å². The molecule has 3 heterocycles. The van der Waals surface area contributed by atoms with Crippen LogP contribution in [0, 0.1) is 0 Å². The third-order valence-electron chi connectivity index (χ3n) is 4.49. The van der Waals surface area contributed by atoms with Crippen LogP contribution in [0.25, 0.3) is 4.96 Å². The molecule has 24 heavy (non-hydrogen) atoms. The van der Waals surface area contributed by atoms with Gasteiger partial charge in [-0.05, 0) is 17.7 Å². The summed E-state index contributed by atoms with van der Waals surface area (Å²) in [4.78, 5) is 19.7. The Labute approximate surface area is 143 Å². The number of imidazole rings is 1. The molecule has 6 nitrogen and oxygen atoms in total. The Kier molecular flexibility index (Phi) is 3.74. The molecule has 0 bridgehead atoms. The van der Waals surface area contributed by atoms with Crippen molar-refractivity contribution in [2.24, 2.45) is 5.73 Å². The second-order valence-corrected chi connectivity index (χ2v) is 6.85. The molecule has 3 aromatic rings. The van der Waals surface area contributed by atoms with Crippen molar-refractivity contribution >= 4 is 22.2 Å². The standard InChI is InChI=1S/C17H18N4O2S/c1-23-12-4-2-3-11(7-12)13-8-21(9-14(13)18)16(22)15-10-20-5-6-24-17(20)19-15/h2-7,10,13-14H,8-9,18H2,1H3/t13-,14+/m0/s1. The Morgan fingerprint density at radius 3 is 3.08 bits per heavy atom. The Morgan fingerprint density at radius 2 is 2.29 bits per heavy atom. The van der Waals surface area contributed by atoms with Crippen LogP contribution >= 0.6 is 11.3 Å². The number of likely N-dealkylation sites (tertiary alicyclic amines) is 1. The van der Waals surface area contributed by atoms with Gasteiger partial charge in [-0.2, -0.15) is 0 Å². The molecular formula is C17H18N4O2S. The summed E-state index contributed by atoms with van der Waals surface area (Å²) < 4.78 is 7.15. The lowest BCUT2D eigenvalue weighted by Gasteiger charge is -2.16. The minimum absolute atomic E-state index is 0.0632. The van der Waals surface area contributed by atoms with Crippen molar-refractivity contribution in [3.63, 3.8) is 0 Å². The van der Waals surface area contributed by atoms with Gasteiger partial charge >= 0.3 is 0 Å². The van der Waals surface area contributed by atoms with Crippen LogP contribution in [-0.2, 0) is 0 Å². The number of fused-ring (bicyclic) bond motifs is 1. The highest BCUT2D eigenvalue weighted by molar-refractivity contribution is 7.15. The van der Waals surface area contributed by atoms with Crippen LogP contribution in [0.15, 0.2) is 42.0 Å². The number of nitrogens with two attached hydrogens (primary N) is 1. The third kappa shape index (κ3) is 2.55. The lowest BCUT2D eigenvalue weighted by atomic mass is 9.95. The number of ether oxygens (including phenoxy) is 1. The molecule has 0 saturated carbocycles. The molecule has 0 radical (unpaired) electrons. The largest absolute Gasteiger partial charge is 0.497 e. The van der Waals surface area contributed by atoms with Gasteiger partial charge in [0.1, 0.15) is 11.4 Å². The van der Waals surface area contributed by atoms with E-state index in [-0.39, 0.29) is 17.9 Å².